The minimum atomic E-state index is 0.0657. The summed E-state index contributed by atoms with van der Waals surface area (Å²) < 4.78 is 16.1. The predicted molar refractivity (Wildman–Crippen MR) is 90.2 cm³/mol. The van der Waals surface area contributed by atoms with Gasteiger partial charge >= 0.3 is 0 Å². The number of nitrogens with zero attached hydrogens (tertiary/aromatic N) is 1. The molecule has 0 bridgehead atoms. The quantitative estimate of drug-likeness (QED) is 0.750. The van der Waals surface area contributed by atoms with Crippen molar-refractivity contribution in [3.63, 3.8) is 0 Å². The molecule has 1 aromatic carbocycles. The molecular weight excluding hydrogens is 298 g/mol. The highest BCUT2D eigenvalue weighted by molar-refractivity contribution is 7.15. The van der Waals surface area contributed by atoms with Crippen LogP contribution < -0.4 is 9.47 Å². The van der Waals surface area contributed by atoms with Crippen molar-refractivity contribution in [1.82, 2.24) is 4.98 Å². The lowest BCUT2D eigenvalue weighted by Gasteiger charge is -2.13. The van der Waals surface area contributed by atoms with Crippen molar-refractivity contribution in [2.24, 2.45) is 0 Å². The number of benzene rings is 1. The molecule has 2 aromatic rings. The van der Waals surface area contributed by atoms with Crippen molar-refractivity contribution in [3.05, 3.63) is 29.4 Å². The standard InChI is InChI=1S/C17H23NO3S/c1-17(2,3)16-18-11-15(22-16)12-6-7-13(14(10-12)20-5)21-9-8-19-4/h6-7,10-11H,8-9H2,1-5H3. The Morgan fingerprint density at radius 2 is 1.86 bits per heavy atom. The SMILES string of the molecule is COCCOc1ccc(-c2cnc(C(C)(C)C)s2)cc1OC. The van der Waals surface area contributed by atoms with Crippen molar-refractivity contribution in [2.75, 3.05) is 27.4 Å². The van der Waals surface area contributed by atoms with E-state index >= 15 is 0 Å². The van der Waals surface area contributed by atoms with E-state index in [-0.39, 0.29) is 5.41 Å². The fourth-order valence-electron chi connectivity index (χ4n) is 1.93. The van der Waals surface area contributed by atoms with E-state index in [1.807, 2.05) is 24.4 Å². The van der Waals surface area contributed by atoms with E-state index in [2.05, 4.69) is 25.8 Å². The maximum atomic E-state index is 5.66. The van der Waals surface area contributed by atoms with Crippen molar-refractivity contribution < 1.29 is 14.2 Å². The van der Waals surface area contributed by atoms with Gasteiger partial charge in [-0.1, -0.05) is 20.8 Å². The van der Waals surface area contributed by atoms with Crippen LogP contribution in [-0.4, -0.2) is 32.4 Å². The minimum Gasteiger partial charge on any atom is -0.493 e. The van der Waals surface area contributed by atoms with Gasteiger partial charge in [0.05, 0.1) is 23.6 Å². The van der Waals surface area contributed by atoms with Crippen LogP contribution in [0.15, 0.2) is 24.4 Å². The smallest absolute Gasteiger partial charge is 0.161 e. The summed E-state index contributed by atoms with van der Waals surface area (Å²) in [5.74, 6) is 1.45. The van der Waals surface area contributed by atoms with Gasteiger partial charge in [0.15, 0.2) is 11.5 Å². The summed E-state index contributed by atoms with van der Waals surface area (Å²) >= 11 is 1.71. The number of aromatic nitrogens is 1. The Labute approximate surface area is 136 Å². The first-order valence-electron chi connectivity index (χ1n) is 7.22. The van der Waals surface area contributed by atoms with Gasteiger partial charge in [-0.2, -0.15) is 0 Å². The summed E-state index contributed by atoms with van der Waals surface area (Å²) in [6.07, 6.45) is 1.92. The molecule has 0 atom stereocenters. The fourth-order valence-corrected chi connectivity index (χ4v) is 2.90. The van der Waals surface area contributed by atoms with Gasteiger partial charge in [-0.25, -0.2) is 4.98 Å². The fraction of sp³-hybridized carbons (Fsp3) is 0.471. The number of thiazole rings is 1. The van der Waals surface area contributed by atoms with Crippen LogP contribution in [0, 0.1) is 0 Å². The first-order chi connectivity index (χ1) is 10.5. The molecule has 0 aliphatic carbocycles. The Morgan fingerprint density at radius 1 is 1.09 bits per heavy atom. The Hall–Kier alpha value is -1.59. The first-order valence-corrected chi connectivity index (χ1v) is 8.04. The molecule has 0 saturated carbocycles. The van der Waals surface area contributed by atoms with E-state index in [0.29, 0.717) is 13.2 Å². The third kappa shape index (κ3) is 3.99. The van der Waals surface area contributed by atoms with E-state index in [9.17, 15) is 0 Å². The molecule has 0 radical (unpaired) electrons. The second-order valence-corrected chi connectivity index (χ2v) is 7.02. The van der Waals surface area contributed by atoms with Crippen LogP contribution in [0.3, 0.4) is 0 Å². The number of methoxy groups -OCH3 is 2. The molecule has 0 aliphatic heterocycles. The molecule has 120 valence electrons. The minimum absolute atomic E-state index is 0.0657. The second-order valence-electron chi connectivity index (χ2n) is 5.99. The summed E-state index contributed by atoms with van der Waals surface area (Å²) in [7, 11) is 3.30. The lowest BCUT2D eigenvalue weighted by Crippen LogP contribution is -2.09. The van der Waals surface area contributed by atoms with Gasteiger partial charge in [-0.3, -0.25) is 0 Å². The van der Waals surface area contributed by atoms with Gasteiger partial charge < -0.3 is 14.2 Å². The van der Waals surface area contributed by atoms with E-state index < -0.39 is 0 Å². The van der Waals surface area contributed by atoms with E-state index in [4.69, 9.17) is 14.2 Å². The Morgan fingerprint density at radius 3 is 2.45 bits per heavy atom. The molecule has 0 fully saturated rings. The molecule has 0 aliphatic rings. The van der Waals surface area contributed by atoms with E-state index in [1.54, 1.807) is 25.6 Å². The van der Waals surface area contributed by atoms with Gasteiger partial charge in [0.1, 0.15) is 6.61 Å². The molecule has 0 N–H and O–H groups in total. The summed E-state index contributed by atoms with van der Waals surface area (Å²) in [6, 6.07) is 5.95. The average molecular weight is 321 g/mol. The van der Waals surface area contributed by atoms with Crippen LogP contribution >= 0.6 is 11.3 Å². The molecule has 0 spiro atoms. The van der Waals surface area contributed by atoms with Crippen molar-refractivity contribution in [3.8, 4) is 21.9 Å². The van der Waals surface area contributed by atoms with Crippen LogP contribution in [-0.2, 0) is 10.2 Å². The van der Waals surface area contributed by atoms with Crippen LogP contribution in [0.1, 0.15) is 25.8 Å². The van der Waals surface area contributed by atoms with Gasteiger partial charge in [0.25, 0.3) is 0 Å². The molecule has 1 heterocycles. The Kier molecular flexibility index (Phi) is 5.42. The number of rotatable bonds is 6. The topological polar surface area (TPSA) is 40.6 Å². The largest absolute Gasteiger partial charge is 0.493 e. The molecule has 1 aromatic heterocycles. The lowest BCUT2D eigenvalue weighted by molar-refractivity contribution is 0.144. The zero-order valence-electron chi connectivity index (χ0n) is 13.8. The van der Waals surface area contributed by atoms with E-state index in [1.165, 1.54) is 0 Å². The van der Waals surface area contributed by atoms with Crippen molar-refractivity contribution in [2.45, 2.75) is 26.2 Å². The lowest BCUT2D eigenvalue weighted by atomic mass is 9.98. The molecule has 5 heteroatoms. The zero-order chi connectivity index (χ0) is 16.2. The molecule has 2 rings (SSSR count). The first kappa shape index (κ1) is 16.8. The monoisotopic (exact) mass is 321 g/mol. The highest BCUT2D eigenvalue weighted by atomic mass is 32.1. The molecule has 0 saturated heterocycles. The van der Waals surface area contributed by atoms with Gasteiger partial charge in [0.2, 0.25) is 0 Å². The van der Waals surface area contributed by atoms with Crippen LogP contribution in [0.25, 0.3) is 10.4 Å². The van der Waals surface area contributed by atoms with Crippen molar-refractivity contribution >= 4 is 11.3 Å². The third-order valence-corrected chi connectivity index (χ3v) is 4.61. The maximum Gasteiger partial charge on any atom is 0.161 e. The Balaban J connectivity index is 2.23. The summed E-state index contributed by atoms with van der Waals surface area (Å²) in [4.78, 5) is 5.66. The summed E-state index contributed by atoms with van der Waals surface area (Å²) in [5, 5.41) is 1.13. The number of hydrogen-bond acceptors (Lipinski definition) is 5. The molecule has 22 heavy (non-hydrogen) atoms. The van der Waals surface area contributed by atoms with Gasteiger partial charge in [-0.15, -0.1) is 11.3 Å². The van der Waals surface area contributed by atoms with Crippen LogP contribution in [0.2, 0.25) is 0 Å². The van der Waals surface area contributed by atoms with Crippen molar-refractivity contribution in [1.29, 1.82) is 0 Å². The average Bonchev–Trinajstić information content (AvgIpc) is 2.97. The second kappa shape index (κ2) is 7.11. The highest BCUT2D eigenvalue weighted by Crippen LogP contribution is 2.37. The molecule has 4 nitrogen and oxygen atoms in total. The zero-order valence-corrected chi connectivity index (χ0v) is 14.6. The number of ether oxygens (including phenoxy) is 3. The Bertz CT molecular complexity index is 617. The molecule has 0 unspecified atom stereocenters. The predicted octanol–water partition coefficient (Wildman–Crippen LogP) is 4.14. The highest BCUT2D eigenvalue weighted by Gasteiger charge is 2.19. The summed E-state index contributed by atoms with van der Waals surface area (Å²) in [5.41, 5.74) is 1.15. The van der Waals surface area contributed by atoms with Crippen LogP contribution in [0.5, 0.6) is 11.5 Å². The third-order valence-electron chi connectivity index (χ3n) is 3.14. The molecular formula is C17H23NO3S. The number of hydrogen-bond donors (Lipinski definition) is 0. The summed E-state index contributed by atoms with van der Waals surface area (Å²) in [6.45, 7) is 7.56. The van der Waals surface area contributed by atoms with E-state index in [0.717, 1.165) is 26.9 Å². The van der Waals surface area contributed by atoms with Gasteiger partial charge in [0, 0.05) is 18.7 Å². The van der Waals surface area contributed by atoms with Crippen LogP contribution in [0.4, 0.5) is 0 Å². The maximum absolute atomic E-state index is 5.66. The normalized spacial score (nSPS) is 11.5. The van der Waals surface area contributed by atoms with Gasteiger partial charge in [-0.05, 0) is 23.8 Å². The molecule has 0 amide bonds.